The van der Waals surface area contributed by atoms with Crippen molar-refractivity contribution < 1.29 is 28.5 Å². The van der Waals surface area contributed by atoms with Crippen LogP contribution in [0.15, 0.2) is 37.4 Å². The largest absolute Gasteiger partial charge is 0.493 e. The Bertz CT molecular complexity index is 882. The Morgan fingerprint density at radius 2 is 1.67 bits per heavy atom. The van der Waals surface area contributed by atoms with Gasteiger partial charge in [0.2, 0.25) is 11.7 Å². The molecule has 0 radical (unpaired) electrons. The first kappa shape index (κ1) is 27.6. The van der Waals surface area contributed by atoms with Gasteiger partial charge in [0.1, 0.15) is 12.6 Å². The van der Waals surface area contributed by atoms with Crippen molar-refractivity contribution in [2.24, 2.45) is 5.92 Å². The Morgan fingerprint density at radius 3 is 2.28 bits per heavy atom. The fourth-order valence-corrected chi connectivity index (χ4v) is 5.41. The second kappa shape index (κ2) is 14.0. The van der Waals surface area contributed by atoms with Crippen LogP contribution in [0.2, 0.25) is 0 Å². The normalized spacial score (nSPS) is 19.2. The van der Waals surface area contributed by atoms with E-state index in [1.807, 2.05) is 12.1 Å². The number of carbonyl (C=O) groups is 2. The second-order valence-electron chi connectivity index (χ2n) is 9.52. The van der Waals surface area contributed by atoms with Gasteiger partial charge in [-0.2, -0.15) is 0 Å². The lowest BCUT2D eigenvalue weighted by Gasteiger charge is -2.39. The number of amides is 1. The predicted molar refractivity (Wildman–Crippen MR) is 140 cm³/mol. The van der Waals surface area contributed by atoms with Gasteiger partial charge in [-0.05, 0) is 62.1 Å². The van der Waals surface area contributed by atoms with E-state index in [1.165, 1.54) is 6.42 Å². The molecule has 1 aromatic rings. The molecular weight excluding hydrogens is 458 g/mol. The minimum atomic E-state index is -0.567. The number of hydrogen-bond acceptors (Lipinski definition) is 6. The summed E-state index contributed by atoms with van der Waals surface area (Å²) >= 11 is 0. The molecule has 0 N–H and O–H groups in total. The van der Waals surface area contributed by atoms with E-state index in [2.05, 4.69) is 13.2 Å². The van der Waals surface area contributed by atoms with E-state index in [-0.39, 0.29) is 24.4 Å². The Morgan fingerprint density at radius 1 is 1.00 bits per heavy atom. The summed E-state index contributed by atoms with van der Waals surface area (Å²) in [5.74, 6) is 0.982. The van der Waals surface area contributed by atoms with Crippen LogP contribution in [-0.4, -0.2) is 56.8 Å². The third kappa shape index (κ3) is 6.62. The van der Waals surface area contributed by atoms with Gasteiger partial charge in [-0.3, -0.25) is 4.79 Å². The van der Waals surface area contributed by atoms with Crippen LogP contribution in [-0.2, 0) is 14.3 Å². The average Bonchev–Trinajstić information content (AvgIpc) is 2.92. The van der Waals surface area contributed by atoms with Crippen molar-refractivity contribution in [1.29, 1.82) is 0 Å². The fraction of sp³-hybridized carbons (Fsp3) is 0.586. The number of carbonyl (C=O) groups excluding carboxylic acids is 2. The van der Waals surface area contributed by atoms with Crippen molar-refractivity contribution in [3.05, 3.63) is 43.0 Å². The Hall–Kier alpha value is -2.96. The molecular formula is C29H41NO6. The molecule has 7 nitrogen and oxygen atoms in total. The molecule has 36 heavy (non-hydrogen) atoms. The van der Waals surface area contributed by atoms with Crippen LogP contribution in [0.1, 0.15) is 69.3 Å². The van der Waals surface area contributed by atoms with Crippen molar-refractivity contribution in [3.63, 3.8) is 0 Å². The molecule has 0 aromatic heterocycles. The van der Waals surface area contributed by atoms with E-state index in [4.69, 9.17) is 18.9 Å². The molecule has 1 aliphatic heterocycles. The Balaban J connectivity index is 2.00. The van der Waals surface area contributed by atoms with Crippen LogP contribution in [0.25, 0.3) is 0 Å². The Kier molecular flexibility index (Phi) is 10.7. The molecule has 3 rings (SSSR count). The van der Waals surface area contributed by atoms with E-state index in [1.54, 1.807) is 31.3 Å². The van der Waals surface area contributed by atoms with Crippen LogP contribution in [0.3, 0.4) is 0 Å². The lowest BCUT2D eigenvalue weighted by atomic mass is 9.75. The van der Waals surface area contributed by atoms with E-state index in [9.17, 15) is 9.59 Å². The minimum Gasteiger partial charge on any atom is -0.493 e. The average molecular weight is 500 g/mol. The number of rotatable bonds is 12. The van der Waals surface area contributed by atoms with Gasteiger partial charge in [-0.1, -0.05) is 38.0 Å². The van der Waals surface area contributed by atoms with Crippen molar-refractivity contribution in [3.8, 4) is 17.2 Å². The maximum Gasteiger partial charge on any atom is 0.329 e. The molecule has 1 saturated carbocycles. The zero-order valence-electron chi connectivity index (χ0n) is 21.8. The summed E-state index contributed by atoms with van der Waals surface area (Å²) in [6.07, 6.45) is 11.7. The maximum absolute atomic E-state index is 14.3. The number of hydrogen-bond donors (Lipinski definition) is 0. The molecule has 2 aliphatic rings. The maximum atomic E-state index is 14.3. The molecule has 198 valence electrons. The third-order valence-electron chi connectivity index (χ3n) is 7.20. The molecule has 1 aromatic carbocycles. The smallest absolute Gasteiger partial charge is 0.329 e. The summed E-state index contributed by atoms with van der Waals surface area (Å²) < 4.78 is 22.7. The number of ether oxygens (including phenoxy) is 4. The summed E-state index contributed by atoms with van der Waals surface area (Å²) in [4.78, 5) is 28.9. The van der Waals surface area contributed by atoms with Crippen molar-refractivity contribution in [2.45, 2.75) is 69.7 Å². The minimum absolute atomic E-state index is 0.0217. The van der Waals surface area contributed by atoms with Crippen LogP contribution in [0.4, 0.5) is 0 Å². The predicted octanol–water partition coefficient (Wildman–Crippen LogP) is 5.43. The lowest BCUT2D eigenvalue weighted by molar-refractivity contribution is -0.157. The van der Waals surface area contributed by atoms with E-state index in [0.29, 0.717) is 43.2 Å². The van der Waals surface area contributed by atoms with E-state index >= 15 is 0 Å². The number of esters is 1. The first-order chi connectivity index (χ1) is 17.5. The number of methoxy groups -OCH3 is 2. The number of benzene rings is 1. The van der Waals surface area contributed by atoms with Gasteiger partial charge < -0.3 is 23.8 Å². The van der Waals surface area contributed by atoms with Gasteiger partial charge in [0.25, 0.3) is 0 Å². The van der Waals surface area contributed by atoms with Crippen LogP contribution < -0.4 is 14.2 Å². The summed E-state index contributed by atoms with van der Waals surface area (Å²) in [7, 11) is 3.18. The zero-order valence-corrected chi connectivity index (χ0v) is 21.8. The highest BCUT2D eigenvalue weighted by molar-refractivity contribution is 5.89. The standard InChI is InChI=1S/C29H41NO6/c1-5-7-18-35-27-24(33-3)19-22(20-25(27)34-4)26(21-13-9-8-10-14-21)28(31)30-16-12-11-15-23(30)29(32)36-17-6-2/h5-6,19-21,23,26H,1-2,7-18H2,3-4H3/t23-,26-/m0/s1. The van der Waals surface area contributed by atoms with Crippen molar-refractivity contribution in [2.75, 3.05) is 34.0 Å². The lowest BCUT2D eigenvalue weighted by Crippen LogP contribution is -2.51. The summed E-state index contributed by atoms with van der Waals surface area (Å²) in [6.45, 7) is 8.51. The number of likely N-dealkylation sites (tertiary alicyclic amines) is 1. The second-order valence-corrected chi connectivity index (χ2v) is 9.52. The number of nitrogens with zero attached hydrogens (tertiary/aromatic N) is 1. The number of piperidine rings is 1. The Labute approximate surface area is 215 Å². The first-order valence-electron chi connectivity index (χ1n) is 13.1. The van der Waals surface area contributed by atoms with Crippen LogP contribution in [0.5, 0.6) is 17.2 Å². The topological polar surface area (TPSA) is 74.3 Å². The molecule has 7 heteroatoms. The fourth-order valence-electron chi connectivity index (χ4n) is 5.41. The highest BCUT2D eigenvalue weighted by Gasteiger charge is 2.40. The quantitative estimate of drug-likeness (QED) is 0.217. The molecule has 0 spiro atoms. The summed E-state index contributed by atoms with van der Waals surface area (Å²) in [5.41, 5.74) is 0.834. The molecule has 0 unspecified atom stereocenters. The summed E-state index contributed by atoms with van der Waals surface area (Å²) in [5, 5.41) is 0. The highest BCUT2D eigenvalue weighted by atomic mass is 16.5. The van der Waals surface area contributed by atoms with Gasteiger partial charge in [0.05, 0.1) is 26.7 Å². The van der Waals surface area contributed by atoms with Crippen LogP contribution >= 0.6 is 0 Å². The van der Waals surface area contributed by atoms with Gasteiger partial charge >= 0.3 is 5.97 Å². The van der Waals surface area contributed by atoms with Gasteiger partial charge in [0, 0.05) is 6.54 Å². The third-order valence-corrected chi connectivity index (χ3v) is 7.20. The molecule has 1 saturated heterocycles. The molecule has 2 atom stereocenters. The van der Waals surface area contributed by atoms with Crippen LogP contribution in [0, 0.1) is 5.92 Å². The van der Waals surface area contributed by atoms with Crippen molar-refractivity contribution >= 4 is 11.9 Å². The van der Waals surface area contributed by atoms with Gasteiger partial charge in [0.15, 0.2) is 11.5 Å². The van der Waals surface area contributed by atoms with Crippen molar-refractivity contribution in [1.82, 2.24) is 4.90 Å². The highest BCUT2D eigenvalue weighted by Crippen LogP contribution is 2.45. The SMILES string of the molecule is C=CCCOc1c(OC)cc([C@@H](C(=O)N2CCCC[C@H]2C(=O)OCC=C)C2CCCCC2)cc1OC. The van der Waals surface area contributed by atoms with E-state index in [0.717, 1.165) is 44.1 Å². The molecule has 1 amide bonds. The molecule has 1 heterocycles. The summed E-state index contributed by atoms with van der Waals surface area (Å²) in [6, 6.07) is 3.23. The molecule has 1 aliphatic carbocycles. The molecule has 0 bridgehead atoms. The first-order valence-corrected chi connectivity index (χ1v) is 13.1. The molecule has 2 fully saturated rings. The zero-order chi connectivity index (χ0) is 25.9. The van der Waals surface area contributed by atoms with Gasteiger partial charge in [-0.15, -0.1) is 6.58 Å². The van der Waals surface area contributed by atoms with Gasteiger partial charge in [-0.25, -0.2) is 4.79 Å². The monoisotopic (exact) mass is 499 g/mol. The van der Waals surface area contributed by atoms with E-state index < -0.39 is 12.0 Å².